The number of rotatable bonds is 4. The van der Waals surface area contributed by atoms with Crippen molar-refractivity contribution in [2.24, 2.45) is 5.73 Å². The van der Waals surface area contributed by atoms with Gasteiger partial charge < -0.3 is 5.73 Å². The Kier molecular flexibility index (Phi) is 3.85. The highest BCUT2D eigenvalue weighted by molar-refractivity contribution is 5.20. The first-order chi connectivity index (χ1) is 7.35. The van der Waals surface area contributed by atoms with Crippen LogP contribution in [0.5, 0.6) is 0 Å². The lowest BCUT2D eigenvalue weighted by molar-refractivity contribution is 0.00228. The molecule has 0 aliphatic heterocycles. The van der Waals surface area contributed by atoms with Crippen LogP contribution in [-0.4, -0.2) is 12.5 Å². The molecule has 0 aliphatic rings. The van der Waals surface area contributed by atoms with Crippen LogP contribution in [0.2, 0.25) is 0 Å². The Bertz CT molecular complexity index is 378. The molecule has 6 heteroatoms. The summed E-state index contributed by atoms with van der Waals surface area (Å²) in [6.45, 7) is -0.863. The fourth-order valence-electron chi connectivity index (χ4n) is 1.17. The Balaban J connectivity index is 2.79. The van der Waals surface area contributed by atoms with Gasteiger partial charge in [-0.05, 0) is 18.1 Å². The Labute approximate surface area is 89.1 Å². The third-order valence-electron chi connectivity index (χ3n) is 2.15. The van der Waals surface area contributed by atoms with Crippen LogP contribution in [0.15, 0.2) is 12.1 Å². The SMILES string of the molecule is NCC(F)(F)CCc1cc(F)c(F)cc1F. The molecule has 0 amide bonds. The second-order valence-electron chi connectivity index (χ2n) is 3.42. The minimum Gasteiger partial charge on any atom is -0.325 e. The molecule has 0 spiro atoms. The van der Waals surface area contributed by atoms with Crippen molar-refractivity contribution < 1.29 is 22.0 Å². The highest BCUT2D eigenvalue weighted by atomic mass is 19.3. The first-order valence-electron chi connectivity index (χ1n) is 4.57. The Hall–Kier alpha value is -1.17. The Morgan fingerprint density at radius 1 is 1.00 bits per heavy atom. The maximum atomic E-state index is 13.0. The summed E-state index contributed by atoms with van der Waals surface area (Å²) in [5, 5.41) is 0. The minimum atomic E-state index is -3.13. The molecule has 2 N–H and O–H groups in total. The van der Waals surface area contributed by atoms with Gasteiger partial charge in [0.2, 0.25) is 0 Å². The van der Waals surface area contributed by atoms with Crippen LogP contribution < -0.4 is 5.73 Å². The van der Waals surface area contributed by atoms with Crippen molar-refractivity contribution >= 4 is 0 Å². The lowest BCUT2D eigenvalue weighted by atomic mass is 10.1. The zero-order chi connectivity index (χ0) is 12.3. The topological polar surface area (TPSA) is 26.0 Å². The van der Waals surface area contributed by atoms with Gasteiger partial charge in [-0.15, -0.1) is 0 Å². The molecular weight excluding hydrogens is 229 g/mol. The van der Waals surface area contributed by atoms with Gasteiger partial charge in [0.15, 0.2) is 11.6 Å². The molecule has 0 aromatic heterocycles. The molecule has 1 rings (SSSR count). The van der Waals surface area contributed by atoms with E-state index in [4.69, 9.17) is 5.73 Å². The van der Waals surface area contributed by atoms with Gasteiger partial charge in [0, 0.05) is 12.5 Å². The van der Waals surface area contributed by atoms with Gasteiger partial charge in [0.05, 0.1) is 6.54 Å². The number of hydrogen-bond acceptors (Lipinski definition) is 1. The highest BCUT2D eigenvalue weighted by Crippen LogP contribution is 2.22. The molecule has 0 radical (unpaired) electrons. The zero-order valence-electron chi connectivity index (χ0n) is 8.24. The van der Waals surface area contributed by atoms with Crippen LogP contribution in [0.3, 0.4) is 0 Å². The average molecular weight is 239 g/mol. The standard InChI is InChI=1S/C10H10F5N/c11-7-4-9(13)8(12)3-6(7)1-2-10(14,15)5-16/h3-4H,1-2,5,16H2. The first-order valence-corrected chi connectivity index (χ1v) is 4.57. The van der Waals surface area contributed by atoms with Gasteiger partial charge in [-0.25, -0.2) is 22.0 Å². The van der Waals surface area contributed by atoms with Crippen molar-refractivity contribution in [3.05, 3.63) is 35.1 Å². The maximum Gasteiger partial charge on any atom is 0.260 e. The van der Waals surface area contributed by atoms with Gasteiger partial charge in [-0.2, -0.15) is 0 Å². The second-order valence-corrected chi connectivity index (χ2v) is 3.42. The van der Waals surface area contributed by atoms with E-state index in [9.17, 15) is 22.0 Å². The fourth-order valence-corrected chi connectivity index (χ4v) is 1.17. The van der Waals surface area contributed by atoms with E-state index in [2.05, 4.69) is 0 Å². The van der Waals surface area contributed by atoms with Crippen molar-refractivity contribution in [1.29, 1.82) is 0 Å². The van der Waals surface area contributed by atoms with Crippen molar-refractivity contribution in [3.8, 4) is 0 Å². The van der Waals surface area contributed by atoms with E-state index in [-0.39, 0.29) is 5.56 Å². The number of aryl methyl sites for hydroxylation is 1. The fraction of sp³-hybridized carbons (Fsp3) is 0.400. The molecule has 1 aromatic rings. The maximum absolute atomic E-state index is 13.0. The third-order valence-corrected chi connectivity index (χ3v) is 2.15. The quantitative estimate of drug-likeness (QED) is 0.634. The summed E-state index contributed by atoms with van der Waals surface area (Å²) < 4.78 is 63.7. The molecule has 0 saturated heterocycles. The monoisotopic (exact) mass is 239 g/mol. The lowest BCUT2D eigenvalue weighted by Gasteiger charge is -2.13. The van der Waals surface area contributed by atoms with Gasteiger partial charge in [0.1, 0.15) is 5.82 Å². The second kappa shape index (κ2) is 4.78. The summed E-state index contributed by atoms with van der Waals surface area (Å²) in [5.74, 6) is -6.76. The minimum absolute atomic E-state index is 0.285. The van der Waals surface area contributed by atoms with E-state index < -0.39 is 42.8 Å². The normalized spacial score (nSPS) is 11.9. The Morgan fingerprint density at radius 2 is 1.56 bits per heavy atom. The average Bonchev–Trinajstić information content (AvgIpc) is 2.22. The van der Waals surface area contributed by atoms with E-state index >= 15 is 0 Å². The van der Waals surface area contributed by atoms with Crippen LogP contribution in [-0.2, 0) is 6.42 Å². The largest absolute Gasteiger partial charge is 0.325 e. The predicted molar refractivity (Wildman–Crippen MR) is 48.6 cm³/mol. The highest BCUT2D eigenvalue weighted by Gasteiger charge is 2.26. The molecule has 0 bridgehead atoms. The van der Waals surface area contributed by atoms with E-state index in [0.29, 0.717) is 12.1 Å². The summed E-state index contributed by atoms with van der Waals surface area (Å²) in [7, 11) is 0. The molecule has 0 fully saturated rings. The van der Waals surface area contributed by atoms with Crippen molar-refractivity contribution in [1.82, 2.24) is 0 Å². The van der Waals surface area contributed by atoms with Crippen LogP contribution in [0.25, 0.3) is 0 Å². The molecule has 0 atom stereocenters. The molecule has 0 aliphatic carbocycles. The Morgan fingerprint density at radius 3 is 2.12 bits per heavy atom. The number of hydrogen-bond donors (Lipinski definition) is 1. The number of alkyl halides is 2. The molecule has 0 unspecified atom stereocenters. The zero-order valence-corrected chi connectivity index (χ0v) is 8.24. The number of benzene rings is 1. The lowest BCUT2D eigenvalue weighted by Crippen LogP contribution is -2.28. The van der Waals surface area contributed by atoms with E-state index in [1.54, 1.807) is 0 Å². The smallest absolute Gasteiger partial charge is 0.260 e. The molecular formula is C10H10F5N. The summed E-state index contributed by atoms with van der Waals surface area (Å²) in [6.07, 6.45) is -1.10. The number of halogens is 5. The van der Waals surface area contributed by atoms with E-state index in [1.165, 1.54) is 0 Å². The van der Waals surface area contributed by atoms with E-state index in [0.717, 1.165) is 0 Å². The van der Waals surface area contributed by atoms with Gasteiger partial charge in [-0.3, -0.25) is 0 Å². The third kappa shape index (κ3) is 3.16. The van der Waals surface area contributed by atoms with Crippen LogP contribution >= 0.6 is 0 Å². The first kappa shape index (κ1) is 12.9. The molecule has 90 valence electrons. The van der Waals surface area contributed by atoms with Gasteiger partial charge in [-0.1, -0.05) is 0 Å². The summed E-state index contributed by atoms with van der Waals surface area (Å²) >= 11 is 0. The molecule has 16 heavy (non-hydrogen) atoms. The van der Waals surface area contributed by atoms with Crippen molar-refractivity contribution in [2.75, 3.05) is 6.54 Å². The van der Waals surface area contributed by atoms with Crippen molar-refractivity contribution in [3.63, 3.8) is 0 Å². The molecule has 0 heterocycles. The predicted octanol–water partition coefficient (Wildman–Crippen LogP) is 2.63. The van der Waals surface area contributed by atoms with Crippen LogP contribution in [0.1, 0.15) is 12.0 Å². The van der Waals surface area contributed by atoms with Gasteiger partial charge >= 0.3 is 0 Å². The van der Waals surface area contributed by atoms with Crippen LogP contribution in [0.4, 0.5) is 22.0 Å². The number of nitrogens with two attached hydrogens (primary N) is 1. The molecule has 0 saturated carbocycles. The molecule has 1 nitrogen and oxygen atoms in total. The summed E-state index contributed by atoms with van der Waals surface area (Å²) in [4.78, 5) is 0. The van der Waals surface area contributed by atoms with E-state index in [1.807, 2.05) is 0 Å². The summed E-state index contributed by atoms with van der Waals surface area (Å²) in [6, 6.07) is 0.919. The van der Waals surface area contributed by atoms with Crippen LogP contribution in [0, 0.1) is 17.5 Å². The van der Waals surface area contributed by atoms with Crippen molar-refractivity contribution in [2.45, 2.75) is 18.8 Å². The summed E-state index contributed by atoms with van der Waals surface area (Å²) in [5.41, 5.74) is 4.50. The van der Waals surface area contributed by atoms with Gasteiger partial charge in [0.25, 0.3) is 5.92 Å². The molecule has 1 aromatic carbocycles.